The molecule has 0 atom stereocenters. The van der Waals surface area contributed by atoms with Crippen molar-refractivity contribution >= 4 is 5.97 Å². The Morgan fingerprint density at radius 2 is 1.24 bits per heavy atom. The van der Waals surface area contributed by atoms with Crippen LogP contribution in [0.15, 0.2) is 12.2 Å². The van der Waals surface area contributed by atoms with Crippen molar-refractivity contribution in [2.24, 2.45) is 0 Å². The Morgan fingerprint density at radius 3 is 1.76 bits per heavy atom. The van der Waals surface area contributed by atoms with E-state index in [1.165, 1.54) is 129 Å². The molecule has 0 saturated heterocycles. The summed E-state index contributed by atoms with van der Waals surface area (Å²) in [4.78, 5) is 9.00. The third kappa shape index (κ3) is 25.1. The van der Waals surface area contributed by atoms with Crippen molar-refractivity contribution in [3.63, 3.8) is 0 Å². The molecule has 3 nitrogen and oxygen atoms in total. The predicted molar refractivity (Wildman–Crippen MR) is 128 cm³/mol. The third-order valence-electron chi connectivity index (χ3n) is 5.73. The van der Waals surface area contributed by atoms with Gasteiger partial charge in [0.25, 0.3) is 5.97 Å². The summed E-state index contributed by atoms with van der Waals surface area (Å²) in [6, 6.07) is 0.844. The first kappa shape index (κ1) is 28.2. The van der Waals surface area contributed by atoms with Crippen LogP contribution < -0.4 is 5.32 Å². The lowest BCUT2D eigenvalue weighted by atomic mass is 9.95. The maximum absolute atomic E-state index is 9.00. The van der Waals surface area contributed by atoms with E-state index >= 15 is 0 Å². The highest BCUT2D eigenvalue weighted by atomic mass is 16.4. The first-order chi connectivity index (χ1) is 14.2. The molecule has 0 heterocycles. The molecule has 1 rings (SSSR count). The Hall–Kier alpha value is -0.830. The number of carboxylic acids is 1. The molecule has 0 aliphatic heterocycles. The van der Waals surface area contributed by atoms with Gasteiger partial charge < -0.3 is 10.4 Å². The van der Waals surface area contributed by atoms with Gasteiger partial charge in [-0.25, -0.2) is 0 Å². The van der Waals surface area contributed by atoms with Gasteiger partial charge in [0.15, 0.2) is 0 Å². The molecule has 0 aromatic rings. The first-order valence-corrected chi connectivity index (χ1v) is 12.7. The van der Waals surface area contributed by atoms with E-state index < -0.39 is 5.97 Å². The number of hydrogen-bond donors (Lipinski definition) is 2. The molecule has 1 aliphatic carbocycles. The third-order valence-corrected chi connectivity index (χ3v) is 5.73. The molecule has 2 N–H and O–H groups in total. The molecule has 0 amide bonds. The summed E-state index contributed by atoms with van der Waals surface area (Å²) in [6.07, 6.45) is 31.7. The number of carboxylic acid groups (broad SMARTS) is 1. The lowest BCUT2D eigenvalue weighted by molar-refractivity contribution is -0.134. The minimum absolute atomic E-state index is 0.833. The number of aliphatic carboxylic acids is 1. The van der Waals surface area contributed by atoms with Crippen LogP contribution in [-0.2, 0) is 4.79 Å². The quantitative estimate of drug-likeness (QED) is 0.189. The number of rotatable bonds is 17. The van der Waals surface area contributed by atoms with Crippen LogP contribution in [0.1, 0.15) is 136 Å². The van der Waals surface area contributed by atoms with E-state index in [0.717, 1.165) is 13.0 Å². The topological polar surface area (TPSA) is 49.3 Å². The van der Waals surface area contributed by atoms with Crippen molar-refractivity contribution in [3.05, 3.63) is 12.2 Å². The second kappa shape index (κ2) is 23.4. The van der Waals surface area contributed by atoms with E-state index in [2.05, 4.69) is 24.4 Å². The molecule has 1 aliphatic rings. The second-order valence-corrected chi connectivity index (χ2v) is 8.75. The monoisotopic (exact) mass is 409 g/mol. The Labute approximate surface area is 182 Å². The molecule has 0 unspecified atom stereocenters. The number of nitrogens with one attached hydrogen (secondary N) is 1. The molecule has 172 valence electrons. The van der Waals surface area contributed by atoms with Crippen LogP contribution in [0, 0.1) is 0 Å². The van der Waals surface area contributed by atoms with Gasteiger partial charge in [0.05, 0.1) is 0 Å². The fourth-order valence-corrected chi connectivity index (χ4v) is 3.99. The van der Waals surface area contributed by atoms with Crippen LogP contribution in [0.5, 0.6) is 0 Å². The van der Waals surface area contributed by atoms with E-state index in [0.29, 0.717) is 0 Å². The van der Waals surface area contributed by atoms with Crippen LogP contribution in [0.25, 0.3) is 0 Å². The summed E-state index contributed by atoms with van der Waals surface area (Å²) in [6.45, 7) is 4.63. The molecule has 0 bridgehead atoms. The van der Waals surface area contributed by atoms with Gasteiger partial charge in [0.1, 0.15) is 0 Å². The van der Waals surface area contributed by atoms with E-state index in [9.17, 15) is 0 Å². The van der Waals surface area contributed by atoms with Crippen molar-refractivity contribution in [1.82, 2.24) is 5.32 Å². The normalized spacial score (nSPS) is 14.7. The Morgan fingerprint density at radius 1 is 0.793 bits per heavy atom. The molecule has 0 aromatic carbocycles. The molecular weight excluding hydrogens is 358 g/mol. The van der Waals surface area contributed by atoms with Crippen molar-refractivity contribution in [2.75, 3.05) is 6.54 Å². The summed E-state index contributed by atoms with van der Waals surface area (Å²) >= 11 is 0. The van der Waals surface area contributed by atoms with Gasteiger partial charge in [-0.3, -0.25) is 4.79 Å². The van der Waals surface area contributed by atoms with E-state index in [1.54, 1.807) is 0 Å². The van der Waals surface area contributed by atoms with Crippen LogP contribution in [0.2, 0.25) is 0 Å². The van der Waals surface area contributed by atoms with Gasteiger partial charge in [-0.2, -0.15) is 0 Å². The standard InChI is InChI=1S/C24H47N.C2H4O2/c1-2-3-4-5-6-7-8-9-10-11-12-13-14-15-16-20-23-25-24-21-18-17-19-22-24;1-2(3)4/h9-10,24-25H,2-8,11-23H2,1H3;1H3,(H,3,4). The van der Waals surface area contributed by atoms with Gasteiger partial charge in [0.2, 0.25) is 0 Å². The minimum Gasteiger partial charge on any atom is -0.481 e. The van der Waals surface area contributed by atoms with Gasteiger partial charge in [-0.1, -0.05) is 96.1 Å². The van der Waals surface area contributed by atoms with Crippen molar-refractivity contribution < 1.29 is 9.90 Å². The summed E-state index contributed by atoms with van der Waals surface area (Å²) < 4.78 is 0. The number of allylic oxidation sites excluding steroid dienone is 2. The lowest BCUT2D eigenvalue weighted by Gasteiger charge is -2.22. The summed E-state index contributed by atoms with van der Waals surface area (Å²) in [5.74, 6) is -0.833. The van der Waals surface area contributed by atoms with E-state index in [4.69, 9.17) is 9.90 Å². The van der Waals surface area contributed by atoms with Gasteiger partial charge >= 0.3 is 0 Å². The maximum Gasteiger partial charge on any atom is 0.300 e. The zero-order valence-corrected chi connectivity index (χ0v) is 19.7. The largest absolute Gasteiger partial charge is 0.481 e. The molecule has 29 heavy (non-hydrogen) atoms. The van der Waals surface area contributed by atoms with Crippen LogP contribution in [-0.4, -0.2) is 23.7 Å². The zero-order chi connectivity index (χ0) is 21.4. The van der Waals surface area contributed by atoms with Crippen LogP contribution >= 0.6 is 0 Å². The number of carbonyl (C=O) groups is 1. The first-order valence-electron chi connectivity index (χ1n) is 12.7. The fourth-order valence-electron chi connectivity index (χ4n) is 3.99. The molecule has 1 saturated carbocycles. The number of hydrogen-bond acceptors (Lipinski definition) is 2. The average Bonchev–Trinajstić information content (AvgIpc) is 2.71. The van der Waals surface area contributed by atoms with Crippen molar-refractivity contribution in [3.8, 4) is 0 Å². The summed E-state index contributed by atoms with van der Waals surface area (Å²) in [7, 11) is 0. The van der Waals surface area contributed by atoms with Crippen molar-refractivity contribution in [2.45, 2.75) is 142 Å². The second-order valence-electron chi connectivity index (χ2n) is 8.75. The maximum atomic E-state index is 9.00. The van der Waals surface area contributed by atoms with Gasteiger partial charge in [-0.15, -0.1) is 0 Å². The Bertz CT molecular complexity index is 358. The smallest absolute Gasteiger partial charge is 0.300 e. The van der Waals surface area contributed by atoms with Crippen LogP contribution in [0.4, 0.5) is 0 Å². The lowest BCUT2D eigenvalue weighted by Crippen LogP contribution is -2.31. The Balaban J connectivity index is 0.00000178. The summed E-state index contributed by atoms with van der Waals surface area (Å²) in [5.41, 5.74) is 0. The summed E-state index contributed by atoms with van der Waals surface area (Å²) in [5, 5.41) is 11.2. The SMILES string of the molecule is CC(=O)O.CCCCCCCCC=CCCCCCCCCNC1CCCCC1. The molecular formula is C26H51NO2. The fraction of sp³-hybridized carbons (Fsp3) is 0.885. The number of unbranched alkanes of at least 4 members (excludes halogenated alkanes) is 12. The highest BCUT2D eigenvalue weighted by molar-refractivity contribution is 5.62. The molecule has 0 aromatic heterocycles. The van der Waals surface area contributed by atoms with E-state index in [1.807, 2.05) is 0 Å². The highest BCUT2D eigenvalue weighted by Gasteiger charge is 2.11. The molecule has 0 spiro atoms. The average molecular weight is 410 g/mol. The van der Waals surface area contributed by atoms with E-state index in [-0.39, 0.29) is 0 Å². The van der Waals surface area contributed by atoms with Gasteiger partial charge in [0, 0.05) is 13.0 Å². The molecule has 1 fully saturated rings. The van der Waals surface area contributed by atoms with Crippen molar-refractivity contribution in [1.29, 1.82) is 0 Å². The zero-order valence-electron chi connectivity index (χ0n) is 19.7. The molecule has 3 heteroatoms. The Kier molecular flexibility index (Phi) is 22.8. The predicted octanol–water partition coefficient (Wildman–Crippen LogP) is 8.04. The van der Waals surface area contributed by atoms with Gasteiger partial charge in [-0.05, 0) is 51.5 Å². The molecule has 0 radical (unpaired) electrons. The highest BCUT2D eigenvalue weighted by Crippen LogP contribution is 2.17. The van der Waals surface area contributed by atoms with Crippen LogP contribution in [0.3, 0.4) is 0 Å². The minimum atomic E-state index is -0.833.